The van der Waals surface area contributed by atoms with Crippen LogP contribution < -0.4 is 0 Å². The summed E-state index contributed by atoms with van der Waals surface area (Å²) in [4.78, 5) is 2.80. The summed E-state index contributed by atoms with van der Waals surface area (Å²) in [6, 6.07) is 1.63. The van der Waals surface area contributed by atoms with E-state index in [1.807, 2.05) is 0 Å². The van der Waals surface area contributed by atoms with Gasteiger partial charge >= 0.3 is 0 Å². The second-order valence-corrected chi connectivity index (χ2v) is 8.04. The van der Waals surface area contributed by atoms with E-state index in [4.69, 9.17) is 0 Å². The molecule has 1 heteroatoms. The molecular weight excluding hydrogens is 182 g/mol. The van der Waals surface area contributed by atoms with Gasteiger partial charge in [-0.25, -0.2) is 0 Å². The number of nitrogens with zero attached hydrogens (tertiary/aromatic N) is 1. The molecule has 15 heavy (non-hydrogen) atoms. The maximum Gasteiger partial charge on any atom is 0.0164 e. The third-order valence-electron chi connectivity index (χ3n) is 4.41. The Hall–Kier alpha value is -0.0400. The fourth-order valence-electron chi connectivity index (χ4n) is 3.45. The normalized spacial score (nSPS) is 41.8. The molecule has 1 saturated carbocycles. The van der Waals surface area contributed by atoms with Crippen molar-refractivity contribution in [2.45, 2.75) is 78.9 Å². The van der Waals surface area contributed by atoms with E-state index in [0.29, 0.717) is 16.4 Å². The van der Waals surface area contributed by atoms with Gasteiger partial charge in [-0.15, -0.1) is 0 Å². The van der Waals surface area contributed by atoms with Crippen LogP contribution in [0.2, 0.25) is 0 Å². The van der Waals surface area contributed by atoms with E-state index in [1.54, 1.807) is 0 Å². The lowest BCUT2D eigenvalue weighted by Crippen LogP contribution is -2.51. The number of hydrogen-bond acceptors (Lipinski definition) is 1. The van der Waals surface area contributed by atoms with Crippen LogP contribution in [-0.2, 0) is 0 Å². The Balaban J connectivity index is 2.26. The van der Waals surface area contributed by atoms with E-state index < -0.39 is 0 Å². The van der Waals surface area contributed by atoms with Crippen molar-refractivity contribution < 1.29 is 0 Å². The van der Waals surface area contributed by atoms with Gasteiger partial charge in [-0.05, 0) is 44.4 Å². The highest BCUT2D eigenvalue weighted by atomic mass is 15.3. The van der Waals surface area contributed by atoms with Crippen LogP contribution in [0.1, 0.15) is 61.3 Å². The third-order valence-corrected chi connectivity index (χ3v) is 4.41. The predicted molar refractivity (Wildman–Crippen MR) is 66.0 cm³/mol. The van der Waals surface area contributed by atoms with Crippen molar-refractivity contribution in [1.29, 1.82) is 0 Å². The Morgan fingerprint density at radius 3 is 1.87 bits per heavy atom. The van der Waals surface area contributed by atoms with Crippen molar-refractivity contribution in [3.8, 4) is 0 Å². The van der Waals surface area contributed by atoms with Gasteiger partial charge in [0.15, 0.2) is 0 Å². The van der Waals surface area contributed by atoms with Gasteiger partial charge < -0.3 is 0 Å². The molecule has 1 aliphatic heterocycles. The molecule has 0 amide bonds. The zero-order valence-corrected chi connectivity index (χ0v) is 11.5. The lowest BCUT2D eigenvalue weighted by Gasteiger charge is -2.45. The molecule has 0 aromatic rings. The number of rotatable bonds is 0. The lowest BCUT2D eigenvalue weighted by molar-refractivity contribution is 0.0362. The molecule has 2 fully saturated rings. The molecule has 88 valence electrons. The third kappa shape index (κ3) is 1.73. The smallest absolute Gasteiger partial charge is 0.0164 e. The second kappa shape index (κ2) is 2.80. The average Bonchev–Trinajstić information content (AvgIpc) is 2.48. The molecule has 1 saturated heterocycles. The van der Waals surface area contributed by atoms with E-state index >= 15 is 0 Å². The summed E-state index contributed by atoms with van der Waals surface area (Å²) in [5.41, 5.74) is 1.39. The summed E-state index contributed by atoms with van der Waals surface area (Å²) in [5, 5.41) is 0. The summed E-state index contributed by atoms with van der Waals surface area (Å²) >= 11 is 0. The molecule has 1 nitrogen and oxygen atoms in total. The maximum atomic E-state index is 2.80. The van der Waals surface area contributed by atoms with Gasteiger partial charge in [-0.3, -0.25) is 4.90 Å². The second-order valence-electron chi connectivity index (χ2n) is 8.04. The van der Waals surface area contributed by atoms with Gasteiger partial charge in [0.25, 0.3) is 0 Å². The standard InChI is InChI=1S/C14H27N/c1-12(2,3)10-8-14(7)9-11(14)15(10)13(4,5)6/h10-11H,8-9H2,1-7H3/t10-,11+,14-/m0/s1. The quantitative estimate of drug-likeness (QED) is 0.588. The van der Waals surface area contributed by atoms with Gasteiger partial charge in [0.2, 0.25) is 0 Å². The van der Waals surface area contributed by atoms with Crippen LogP contribution in [0.3, 0.4) is 0 Å². The Bertz CT molecular complexity index is 268. The molecule has 3 atom stereocenters. The minimum Gasteiger partial charge on any atom is -0.291 e. The first-order valence-corrected chi connectivity index (χ1v) is 6.34. The Morgan fingerprint density at radius 2 is 1.53 bits per heavy atom. The molecule has 0 aromatic heterocycles. The molecule has 1 aliphatic carbocycles. The Kier molecular flexibility index (Phi) is 2.13. The monoisotopic (exact) mass is 209 g/mol. The largest absolute Gasteiger partial charge is 0.291 e. The van der Waals surface area contributed by atoms with Gasteiger partial charge in [-0.2, -0.15) is 0 Å². The first-order chi connectivity index (χ1) is 6.56. The highest BCUT2D eigenvalue weighted by Crippen LogP contribution is 2.63. The van der Waals surface area contributed by atoms with Crippen molar-refractivity contribution in [2.24, 2.45) is 10.8 Å². The fraction of sp³-hybridized carbons (Fsp3) is 1.00. The minimum absolute atomic E-state index is 0.330. The minimum atomic E-state index is 0.330. The molecule has 0 N–H and O–H groups in total. The summed E-state index contributed by atoms with van der Waals surface area (Å²) in [6.07, 6.45) is 2.83. The van der Waals surface area contributed by atoms with Crippen LogP contribution in [-0.4, -0.2) is 22.5 Å². The summed E-state index contributed by atoms with van der Waals surface area (Å²) in [7, 11) is 0. The van der Waals surface area contributed by atoms with Gasteiger partial charge in [-0.1, -0.05) is 27.7 Å². The molecule has 2 aliphatic rings. The van der Waals surface area contributed by atoms with E-state index in [-0.39, 0.29) is 0 Å². The van der Waals surface area contributed by atoms with E-state index in [1.165, 1.54) is 12.8 Å². The zero-order valence-electron chi connectivity index (χ0n) is 11.5. The van der Waals surface area contributed by atoms with Crippen molar-refractivity contribution in [2.75, 3.05) is 0 Å². The van der Waals surface area contributed by atoms with Gasteiger partial charge in [0.1, 0.15) is 0 Å². The van der Waals surface area contributed by atoms with E-state index in [2.05, 4.69) is 53.4 Å². The fourth-order valence-corrected chi connectivity index (χ4v) is 3.45. The van der Waals surface area contributed by atoms with E-state index in [9.17, 15) is 0 Å². The first-order valence-electron chi connectivity index (χ1n) is 6.34. The van der Waals surface area contributed by atoms with Crippen LogP contribution in [0.5, 0.6) is 0 Å². The van der Waals surface area contributed by atoms with Crippen molar-refractivity contribution in [3.05, 3.63) is 0 Å². The van der Waals surface area contributed by atoms with E-state index in [0.717, 1.165) is 12.1 Å². The molecule has 0 spiro atoms. The van der Waals surface area contributed by atoms with Crippen molar-refractivity contribution >= 4 is 0 Å². The van der Waals surface area contributed by atoms with Crippen molar-refractivity contribution in [1.82, 2.24) is 4.90 Å². The molecule has 1 heterocycles. The molecule has 0 radical (unpaired) electrons. The number of piperidine rings is 1. The predicted octanol–water partition coefficient (Wildman–Crippen LogP) is 3.68. The molecular formula is C14H27N. The van der Waals surface area contributed by atoms with Crippen LogP contribution in [0.25, 0.3) is 0 Å². The maximum absolute atomic E-state index is 2.80. The van der Waals surface area contributed by atoms with Crippen LogP contribution >= 0.6 is 0 Å². The highest BCUT2D eigenvalue weighted by molar-refractivity contribution is 5.18. The van der Waals surface area contributed by atoms with Crippen molar-refractivity contribution in [3.63, 3.8) is 0 Å². The summed E-state index contributed by atoms with van der Waals surface area (Å²) < 4.78 is 0. The molecule has 0 aromatic carbocycles. The SMILES string of the molecule is CC(C)(C)[C@@H]1C[C@@]2(C)C[C@H]2N1C(C)(C)C. The summed E-state index contributed by atoms with van der Waals surface area (Å²) in [6.45, 7) is 16.8. The molecule has 2 rings (SSSR count). The number of fused-ring (bicyclic) bond motifs is 1. The lowest BCUT2D eigenvalue weighted by atomic mass is 9.81. The average molecular weight is 209 g/mol. The Labute approximate surface area is 95.2 Å². The summed E-state index contributed by atoms with van der Waals surface area (Å²) in [5.74, 6) is 0. The highest BCUT2D eigenvalue weighted by Gasteiger charge is 2.64. The number of likely N-dealkylation sites (tertiary alicyclic amines) is 1. The van der Waals surface area contributed by atoms with Gasteiger partial charge in [0, 0.05) is 17.6 Å². The zero-order chi connectivity index (χ0) is 11.6. The van der Waals surface area contributed by atoms with Crippen LogP contribution in [0.15, 0.2) is 0 Å². The topological polar surface area (TPSA) is 3.24 Å². The van der Waals surface area contributed by atoms with Gasteiger partial charge in [0.05, 0.1) is 0 Å². The number of hydrogen-bond donors (Lipinski definition) is 0. The van der Waals surface area contributed by atoms with Crippen LogP contribution in [0.4, 0.5) is 0 Å². The first kappa shape index (κ1) is 11.4. The molecule has 0 unspecified atom stereocenters. The molecule has 0 bridgehead atoms. The Morgan fingerprint density at radius 1 is 1.00 bits per heavy atom. The van der Waals surface area contributed by atoms with Crippen LogP contribution in [0, 0.1) is 10.8 Å².